The van der Waals surface area contributed by atoms with Crippen LogP contribution in [0.3, 0.4) is 0 Å². The third kappa shape index (κ3) is 3.43. The van der Waals surface area contributed by atoms with Crippen molar-refractivity contribution in [2.24, 2.45) is 5.73 Å². The van der Waals surface area contributed by atoms with Crippen LogP contribution in [0.25, 0.3) is 0 Å². The number of benzene rings is 1. The van der Waals surface area contributed by atoms with Crippen LogP contribution in [-0.2, 0) is 20.0 Å². The van der Waals surface area contributed by atoms with Crippen molar-refractivity contribution in [2.75, 3.05) is 27.7 Å². The lowest BCUT2D eigenvalue weighted by Gasteiger charge is -2.24. The van der Waals surface area contributed by atoms with E-state index in [0.29, 0.717) is 0 Å². The second-order valence-corrected chi connectivity index (χ2v) is 8.93. The zero-order chi connectivity index (χ0) is 16.4. The maximum absolute atomic E-state index is 12.6. The van der Waals surface area contributed by atoms with Gasteiger partial charge in [0.25, 0.3) is 0 Å². The minimum absolute atomic E-state index is 0.137. The van der Waals surface area contributed by atoms with Crippen LogP contribution < -0.4 is 5.73 Å². The first-order chi connectivity index (χ1) is 9.56. The highest BCUT2D eigenvalue weighted by atomic mass is 32.2. The smallest absolute Gasteiger partial charge is 0.244 e. The molecule has 2 N–H and O–H groups in total. The number of rotatable bonds is 6. The molecule has 0 aliphatic rings. The number of sulfonamides is 2. The summed E-state index contributed by atoms with van der Waals surface area (Å²) in [5, 5.41) is 0. The fraction of sp³-hybridized carbons (Fsp3) is 0.500. The van der Waals surface area contributed by atoms with Gasteiger partial charge < -0.3 is 5.73 Å². The van der Waals surface area contributed by atoms with Crippen LogP contribution in [0.5, 0.6) is 0 Å². The Labute approximate surface area is 126 Å². The Bertz CT molecular complexity index is 699. The summed E-state index contributed by atoms with van der Waals surface area (Å²) in [6.45, 7) is 1.79. The Morgan fingerprint density at radius 3 is 1.81 bits per heavy atom. The molecule has 0 bridgehead atoms. The van der Waals surface area contributed by atoms with E-state index in [-0.39, 0.29) is 16.3 Å². The van der Waals surface area contributed by atoms with Crippen molar-refractivity contribution in [1.29, 1.82) is 0 Å². The second kappa shape index (κ2) is 6.41. The van der Waals surface area contributed by atoms with Gasteiger partial charge in [0.05, 0.1) is 0 Å². The van der Waals surface area contributed by atoms with Crippen LogP contribution in [0.15, 0.2) is 34.1 Å². The Hall–Kier alpha value is -1.00. The second-order valence-electron chi connectivity index (χ2n) is 4.84. The van der Waals surface area contributed by atoms with Gasteiger partial charge in [0.15, 0.2) is 0 Å². The monoisotopic (exact) mass is 335 g/mol. The highest BCUT2D eigenvalue weighted by molar-refractivity contribution is 7.92. The van der Waals surface area contributed by atoms with Crippen molar-refractivity contribution in [3.8, 4) is 0 Å². The van der Waals surface area contributed by atoms with Crippen LogP contribution in [-0.4, -0.2) is 59.2 Å². The van der Waals surface area contributed by atoms with Crippen molar-refractivity contribution in [3.05, 3.63) is 24.3 Å². The van der Waals surface area contributed by atoms with Crippen molar-refractivity contribution in [3.63, 3.8) is 0 Å². The SMILES string of the molecule is CC(CN)N(C)S(=O)(=O)c1ccccc1S(=O)(=O)N(C)C. The number of nitrogens with two attached hydrogens (primary N) is 1. The van der Waals surface area contributed by atoms with E-state index in [1.54, 1.807) is 6.92 Å². The zero-order valence-electron chi connectivity index (χ0n) is 12.5. The first-order valence-corrected chi connectivity index (χ1v) is 9.14. The van der Waals surface area contributed by atoms with E-state index < -0.39 is 26.1 Å². The quantitative estimate of drug-likeness (QED) is 0.782. The Balaban J connectivity index is 3.53. The molecule has 7 nitrogen and oxygen atoms in total. The summed E-state index contributed by atoms with van der Waals surface area (Å²) in [5.41, 5.74) is 5.49. The molecule has 0 spiro atoms. The van der Waals surface area contributed by atoms with E-state index in [1.165, 1.54) is 45.4 Å². The largest absolute Gasteiger partial charge is 0.329 e. The van der Waals surface area contributed by atoms with Gasteiger partial charge in [-0.2, -0.15) is 4.31 Å². The molecule has 0 radical (unpaired) electrons. The molecule has 1 aromatic rings. The van der Waals surface area contributed by atoms with Gasteiger partial charge in [-0.15, -0.1) is 0 Å². The van der Waals surface area contributed by atoms with E-state index in [2.05, 4.69) is 0 Å². The minimum atomic E-state index is -3.95. The molecule has 1 rings (SSSR count). The van der Waals surface area contributed by atoms with E-state index in [1.807, 2.05) is 0 Å². The third-order valence-electron chi connectivity index (χ3n) is 3.23. The lowest BCUT2D eigenvalue weighted by atomic mass is 10.4. The van der Waals surface area contributed by atoms with Crippen LogP contribution in [0, 0.1) is 0 Å². The highest BCUT2D eigenvalue weighted by Gasteiger charge is 2.32. The lowest BCUT2D eigenvalue weighted by Crippen LogP contribution is -2.40. The summed E-state index contributed by atoms with van der Waals surface area (Å²) >= 11 is 0. The van der Waals surface area contributed by atoms with Crippen molar-refractivity contribution in [1.82, 2.24) is 8.61 Å². The average molecular weight is 335 g/mol. The predicted octanol–water partition coefficient (Wildman–Crippen LogP) is -0.0954. The Kier molecular flexibility index (Phi) is 5.51. The molecule has 21 heavy (non-hydrogen) atoms. The van der Waals surface area contributed by atoms with Crippen LogP contribution in [0.4, 0.5) is 0 Å². The summed E-state index contributed by atoms with van der Waals surface area (Å²) < 4.78 is 51.8. The van der Waals surface area contributed by atoms with E-state index in [0.717, 1.165) is 8.61 Å². The summed E-state index contributed by atoms with van der Waals surface area (Å²) in [4.78, 5) is -0.493. The fourth-order valence-electron chi connectivity index (χ4n) is 1.61. The Morgan fingerprint density at radius 1 is 1.00 bits per heavy atom. The van der Waals surface area contributed by atoms with Crippen LogP contribution in [0.1, 0.15) is 6.92 Å². The Morgan fingerprint density at radius 2 is 1.43 bits per heavy atom. The minimum Gasteiger partial charge on any atom is -0.329 e. The molecule has 0 fully saturated rings. The van der Waals surface area contributed by atoms with Gasteiger partial charge in [-0.25, -0.2) is 21.1 Å². The third-order valence-corrected chi connectivity index (χ3v) is 7.26. The summed E-state index contributed by atoms with van der Waals surface area (Å²) in [5.74, 6) is 0. The summed E-state index contributed by atoms with van der Waals surface area (Å²) in [7, 11) is -3.73. The molecule has 0 saturated carbocycles. The molecule has 0 saturated heterocycles. The van der Waals surface area contributed by atoms with Gasteiger partial charge >= 0.3 is 0 Å². The molecule has 1 aromatic carbocycles. The number of nitrogens with zero attached hydrogens (tertiary/aromatic N) is 2. The molecule has 0 aromatic heterocycles. The van der Waals surface area contributed by atoms with Gasteiger partial charge in [0.2, 0.25) is 20.0 Å². The predicted molar refractivity (Wildman–Crippen MR) is 80.8 cm³/mol. The van der Waals surface area contributed by atoms with Crippen molar-refractivity contribution in [2.45, 2.75) is 22.8 Å². The van der Waals surface area contributed by atoms with E-state index in [9.17, 15) is 16.8 Å². The molecule has 120 valence electrons. The number of hydrogen-bond donors (Lipinski definition) is 1. The molecular formula is C12H21N3O4S2. The van der Waals surface area contributed by atoms with Gasteiger partial charge in [0, 0.05) is 33.7 Å². The van der Waals surface area contributed by atoms with Gasteiger partial charge in [-0.05, 0) is 19.1 Å². The molecule has 0 amide bonds. The molecule has 9 heteroatoms. The van der Waals surface area contributed by atoms with Crippen molar-refractivity contribution < 1.29 is 16.8 Å². The molecule has 0 aliphatic heterocycles. The first-order valence-electron chi connectivity index (χ1n) is 6.26. The molecule has 1 unspecified atom stereocenters. The number of likely N-dealkylation sites (N-methyl/N-ethyl adjacent to an activating group) is 1. The van der Waals surface area contributed by atoms with E-state index in [4.69, 9.17) is 5.73 Å². The van der Waals surface area contributed by atoms with Gasteiger partial charge in [-0.3, -0.25) is 0 Å². The molecule has 0 heterocycles. The van der Waals surface area contributed by atoms with Gasteiger partial charge in [0.1, 0.15) is 9.79 Å². The lowest BCUT2D eigenvalue weighted by molar-refractivity contribution is 0.393. The normalized spacial score (nSPS) is 14.6. The molecular weight excluding hydrogens is 314 g/mol. The van der Waals surface area contributed by atoms with Gasteiger partial charge in [-0.1, -0.05) is 12.1 Å². The summed E-state index contributed by atoms with van der Waals surface area (Å²) in [6.07, 6.45) is 0. The van der Waals surface area contributed by atoms with E-state index >= 15 is 0 Å². The molecule has 0 aliphatic carbocycles. The molecule has 1 atom stereocenters. The average Bonchev–Trinajstić information content (AvgIpc) is 2.45. The number of hydrogen-bond acceptors (Lipinski definition) is 5. The first kappa shape index (κ1) is 18.1. The maximum Gasteiger partial charge on any atom is 0.244 e. The fourth-order valence-corrected chi connectivity index (χ4v) is 4.65. The standard InChI is InChI=1S/C12H21N3O4S2/c1-10(9-13)15(4)21(18,19)12-8-6-5-7-11(12)20(16,17)14(2)3/h5-8,10H,9,13H2,1-4H3. The zero-order valence-corrected chi connectivity index (χ0v) is 14.1. The van der Waals surface area contributed by atoms with Crippen LogP contribution in [0.2, 0.25) is 0 Å². The maximum atomic E-state index is 12.6. The highest BCUT2D eigenvalue weighted by Crippen LogP contribution is 2.25. The van der Waals surface area contributed by atoms with Crippen molar-refractivity contribution >= 4 is 20.0 Å². The topological polar surface area (TPSA) is 101 Å². The van der Waals surface area contributed by atoms with Crippen LogP contribution >= 0.6 is 0 Å². The summed E-state index contributed by atoms with van der Waals surface area (Å²) in [6, 6.07) is 5.10.